The van der Waals surface area contributed by atoms with Crippen LogP contribution in [0.15, 0.2) is 33.8 Å². The fourth-order valence-electron chi connectivity index (χ4n) is 1.94. The molecule has 1 aromatic carbocycles. The maximum absolute atomic E-state index is 11.9. The van der Waals surface area contributed by atoms with Gasteiger partial charge in [0, 0.05) is 26.8 Å². The minimum absolute atomic E-state index is 0.336. The first-order valence-corrected chi connectivity index (χ1v) is 9.01. The zero-order valence-corrected chi connectivity index (χ0v) is 15.0. The monoisotopic (exact) mass is 384 g/mol. The summed E-state index contributed by atoms with van der Waals surface area (Å²) in [6.45, 7) is 1.72. The number of nitrogens with zero attached hydrogens (tertiary/aromatic N) is 3. The van der Waals surface area contributed by atoms with Crippen LogP contribution in [-0.4, -0.2) is 27.5 Å². The lowest BCUT2D eigenvalue weighted by atomic mass is 10.1. The number of carbonyl (C=O) groups excluding carboxylic acids is 1. The number of hydrogen-bond acceptors (Lipinski definition) is 6. The molecule has 0 unspecified atom stereocenters. The predicted molar refractivity (Wildman–Crippen MR) is 95.6 cm³/mol. The van der Waals surface area contributed by atoms with E-state index in [0.717, 1.165) is 27.6 Å². The first-order chi connectivity index (χ1) is 11.1. The van der Waals surface area contributed by atoms with E-state index in [2.05, 4.69) is 20.1 Å². The number of fused-ring (bicyclic) bond motifs is 1. The van der Waals surface area contributed by atoms with Gasteiger partial charge >= 0.3 is 0 Å². The molecule has 3 rings (SSSR count). The number of thioether (sulfide) groups is 1. The highest BCUT2D eigenvalue weighted by Crippen LogP contribution is 2.39. The Morgan fingerprint density at radius 3 is 3.00 bits per heavy atom. The van der Waals surface area contributed by atoms with Crippen molar-refractivity contribution in [3.05, 3.63) is 44.9 Å². The van der Waals surface area contributed by atoms with Crippen LogP contribution in [-0.2, 0) is 0 Å². The van der Waals surface area contributed by atoms with Crippen LogP contribution in [0.4, 0.5) is 0 Å². The van der Waals surface area contributed by atoms with E-state index >= 15 is 0 Å². The lowest BCUT2D eigenvalue weighted by Gasteiger charge is -2.17. The van der Waals surface area contributed by atoms with Crippen molar-refractivity contribution >= 4 is 63.7 Å². The number of aryl methyl sites for hydroxylation is 1. The second-order valence-electron chi connectivity index (χ2n) is 4.65. The Morgan fingerprint density at radius 2 is 2.26 bits per heavy atom. The van der Waals surface area contributed by atoms with Gasteiger partial charge in [0.1, 0.15) is 4.88 Å². The molecule has 0 fully saturated rings. The molecule has 9 heteroatoms. The molecule has 0 saturated heterocycles. The molecular weight excluding hydrogens is 375 g/mol. The zero-order chi connectivity index (χ0) is 16.4. The van der Waals surface area contributed by atoms with E-state index in [1.165, 1.54) is 0 Å². The van der Waals surface area contributed by atoms with Gasteiger partial charge in [-0.05, 0) is 36.7 Å². The topological polar surface area (TPSA) is 67.2 Å². The van der Waals surface area contributed by atoms with Gasteiger partial charge in [-0.25, -0.2) is 5.43 Å². The molecule has 0 aliphatic carbocycles. The standard InChI is InChI=1S/C14H10Cl2N4OS2/c1-7-13(23-20-18-7)14(21)19-17-5-8-6-22-11-3-2-9(15)4-10(11)12(8)16/h2-5H,6H2,1H3,(H,19,21). The molecule has 0 atom stereocenters. The molecular formula is C14H10Cl2N4OS2. The highest BCUT2D eigenvalue weighted by Gasteiger charge is 2.18. The highest BCUT2D eigenvalue weighted by atomic mass is 35.5. The van der Waals surface area contributed by atoms with Crippen LogP contribution in [0.25, 0.3) is 5.03 Å². The fraction of sp³-hybridized carbons (Fsp3) is 0.143. The summed E-state index contributed by atoms with van der Waals surface area (Å²) in [6, 6.07) is 5.60. The lowest BCUT2D eigenvalue weighted by molar-refractivity contribution is 0.0958. The van der Waals surface area contributed by atoms with Crippen LogP contribution in [0.5, 0.6) is 0 Å². The largest absolute Gasteiger partial charge is 0.285 e. The molecule has 1 N–H and O–H groups in total. The SMILES string of the molecule is Cc1nnsc1C(=O)NN=CC1=C(Cl)c2cc(Cl)ccc2SC1. The molecule has 0 spiro atoms. The average Bonchev–Trinajstić information content (AvgIpc) is 2.96. The number of hydrogen-bond donors (Lipinski definition) is 1. The van der Waals surface area contributed by atoms with Crippen molar-refractivity contribution in [3.8, 4) is 0 Å². The fourth-order valence-corrected chi connectivity index (χ4v) is 4.08. The van der Waals surface area contributed by atoms with Gasteiger partial charge in [-0.2, -0.15) is 5.10 Å². The summed E-state index contributed by atoms with van der Waals surface area (Å²) in [6.07, 6.45) is 1.56. The van der Waals surface area contributed by atoms with Crippen LogP contribution < -0.4 is 5.43 Å². The first kappa shape index (κ1) is 16.4. The Balaban J connectivity index is 1.76. The van der Waals surface area contributed by atoms with Crippen molar-refractivity contribution < 1.29 is 4.79 Å². The summed E-state index contributed by atoms with van der Waals surface area (Å²) < 4.78 is 3.72. The third-order valence-electron chi connectivity index (χ3n) is 3.09. The number of amides is 1. The molecule has 1 amide bonds. The van der Waals surface area contributed by atoms with Gasteiger partial charge in [0.05, 0.1) is 16.9 Å². The maximum Gasteiger partial charge on any atom is 0.285 e. The number of carbonyl (C=O) groups is 1. The van der Waals surface area contributed by atoms with Crippen molar-refractivity contribution in [2.24, 2.45) is 5.10 Å². The molecule has 2 aromatic rings. The molecule has 1 aliphatic heterocycles. The van der Waals surface area contributed by atoms with Crippen molar-refractivity contribution in [2.75, 3.05) is 5.75 Å². The molecule has 0 radical (unpaired) electrons. The summed E-state index contributed by atoms with van der Waals surface area (Å²) >= 11 is 15.1. The molecule has 2 heterocycles. The van der Waals surface area contributed by atoms with Gasteiger partial charge in [0.2, 0.25) is 0 Å². The van der Waals surface area contributed by atoms with E-state index in [4.69, 9.17) is 23.2 Å². The number of halogens is 2. The third-order valence-corrected chi connectivity index (χ3v) is 5.72. The molecule has 0 saturated carbocycles. The molecule has 1 aliphatic rings. The molecule has 5 nitrogen and oxygen atoms in total. The van der Waals surface area contributed by atoms with Gasteiger partial charge < -0.3 is 0 Å². The summed E-state index contributed by atoms with van der Waals surface area (Å²) in [5, 5.41) is 8.99. The Labute approximate surface area is 150 Å². The second-order valence-corrected chi connectivity index (χ2v) is 7.24. The van der Waals surface area contributed by atoms with Crippen molar-refractivity contribution in [2.45, 2.75) is 11.8 Å². The van der Waals surface area contributed by atoms with E-state index in [1.54, 1.807) is 24.9 Å². The summed E-state index contributed by atoms with van der Waals surface area (Å²) in [7, 11) is 0. The van der Waals surface area contributed by atoms with E-state index < -0.39 is 0 Å². The van der Waals surface area contributed by atoms with Crippen LogP contribution in [0.2, 0.25) is 5.02 Å². The second kappa shape index (κ2) is 7.00. The Hall–Kier alpha value is -1.41. The Morgan fingerprint density at radius 1 is 1.43 bits per heavy atom. The summed E-state index contributed by atoms with van der Waals surface area (Å²) in [5.41, 5.74) is 4.75. The van der Waals surface area contributed by atoms with Gasteiger partial charge in [-0.15, -0.1) is 16.9 Å². The van der Waals surface area contributed by atoms with E-state index in [1.807, 2.05) is 18.2 Å². The van der Waals surface area contributed by atoms with Crippen LogP contribution in [0.1, 0.15) is 20.9 Å². The number of benzene rings is 1. The minimum atomic E-state index is -0.336. The van der Waals surface area contributed by atoms with Crippen LogP contribution in [0.3, 0.4) is 0 Å². The Bertz CT molecular complexity index is 832. The van der Waals surface area contributed by atoms with Crippen molar-refractivity contribution in [3.63, 3.8) is 0 Å². The molecule has 0 bridgehead atoms. The summed E-state index contributed by atoms with van der Waals surface area (Å²) in [5.74, 6) is 0.339. The number of hydrazone groups is 1. The zero-order valence-electron chi connectivity index (χ0n) is 11.8. The van der Waals surface area contributed by atoms with E-state index in [0.29, 0.717) is 26.4 Å². The van der Waals surface area contributed by atoms with Gasteiger partial charge in [0.25, 0.3) is 5.91 Å². The smallest absolute Gasteiger partial charge is 0.266 e. The number of aromatic nitrogens is 2. The van der Waals surface area contributed by atoms with Crippen LogP contribution >= 0.6 is 46.5 Å². The van der Waals surface area contributed by atoms with Gasteiger partial charge in [-0.3, -0.25) is 4.79 Å². The van der Waals surface area contributed by atoms with Crippen LogP contribution in [0, 0.1) is 6.92 Å². The first-order valence-electron chi connectivity index (χ1n) is 6.50. The molecule has 118 valence electrons. The van der Waals surface area contributed by atoms with E-state index in [9.17, 15) is 4.79 Å². The number of nitrogens with one attached hydrogen (secondary N) is 1. The van der Waals surface area contributed by atoms with Crippen molar-refractivity contribution in [1.82, 2.24) is 15.0 Å². The third kappa shape index (κ3) is 3.58. The lowest BCUT2D eigenvalue weighted by Crippen LogP contribution is -2.17. The molecule has 23 heavy (non-hydrogen) atoms. The van der Waals surface area contributed by atoms with Gasteiger partial charge in [0.15, 0.2) is 0 Å². The van der Waals surface area contributed by atoms with Crippen molar-refractivity contribution in [1.29, 1.82) is 0 Å². The van der Waals surface area contributed by atoms with E-state index in [-0.39, 0.29) is 5.91 Å². The summed E-state index contributed by atoms with van der Waals surface area (Å²) in [4.78, 5) is 13.4. The normalized spacial score (nSPS) is 14.2. The Kier molecular flexibility index (Phi) is 5.01. The molecule has 1 aromatic heterocycles. The minimum Gasteiger partial charge on any atom is -0.266 e. The quantitative estimate of drug-likeness (QED) is 0.641. The number of rotatable bonds is 3. The predicted octanol–water partition coefficient (Wildman–Crippen LogP) is 3.97. The highest BCUT2D eigenvalue weighted by molar-refractivity contribution is 7.99. The average molecular weight is 385 g/mol. The van der Waals surface area contributed by atoms with Gasteiger partial charge in [-0.1, -0.05) is 27.7 Å². The maximum atomic E-state index is 11.9.